The van der Waals surface area contributed by atoms with Gasteiger partial charge in [0.25, 0.3) is 11.5 Å². The molecule has 0 radical (unpaired) electrons. The lowest BCUT2D eigenvalue weighted by Crippen LogP contribution is -2.47. The molecule has 11 aliphatic rings. The molecule has 19 N–H and O–H groups in total. The maximum Gasteiger partial charge on any atom is 0.328 e. The minimum atomic E-state index is -1.27. The lowest BCUT2D eigenvalue weighted by Gasteiger charge is -2.33. The van der Waals surface area contributed by atoms with Gasteiger partial charge in [-0.1, -0.05) is 45.1 Å². The molecule has 0 spiro atoms. The Morgan fingerprint density at radius 1 is 0.411 bits per heavy atom. The smallest absolute Gasteiger partial charge is 0.328 e. The summed E-state index contributed by atoms with van der Waals surface area (Å²) in [7, 11) is 4.55. The molecule has 6 fully saturated rings. The normalized spacial score (nSPS) is 32.5. The Hall–Kier alpha value is -6.14. The quantitative estimate of drug-likeness (QED) is 0.0508. The van der Waals surface area contributed by atoms with Gasteiger partial charge in [-0.15, -0.1) is 79.1 Å². The maximum atomic E-state index is 12.1. The Labute approximate surface area is 762 Å². The van der Waals surface area contributed by atoms with Crippen LogP contribution >= 0.6 is 53.5 Å². The largest absolute Gasteiger partial charge is 0.388 e. The Kier molecular flexibility index (Phi) is 38.7. The molecule has 726 valence electrons. The molecule has 0 saturated carbocycles. The summed E-state index contributed by atoms with van der Waals surface area (Å²) in [5, 5.41) is 143. The molecule has 44 heteroatoms. The summed E-state index contributed by atoms with van der Waals surface area (Å²) in [6.07, 6.45) is 24.7. The van der Waals surface area contributed by atoms with E-state index in [1.165, 1.54) is 34.3 Å². The van der Waals surface area contributed by atoms with E-state index in [0.29, 0.717) is 83.1 Å². The summed E-state index contributed by atoms with van der Waals surface area (Å²) in [6.45, 7) is 36.9. The SMILES string of the molecule is C=C1NC(=O)C=NN1[C@@H]1O[C@H](CCP(=C)(C)C)[C@@H](O)[C@H]1O.C=C1NC(=O)N(C)C=C1[C@@H]1O[C@H](CCP(=C)(C)C)[C@@H](O)[C@H]1O.C=C1NC(=O)N(C)C=C1[C@@H]1O[C@H](CCP(=C)(C)C)[C@@H](O)[C@H]1O.C=C1NC(=O)NC=C1[C@@H]1O[C@H](CCP(=C)(C)C)[C@@H](O)[C@H]1O.C=C1NC(=S)C=CN1[C@@H]1O[C@H](CCP(=C)(C)C)[C@@H](O)[C@H]1O.C=P(C)(C)CC[C@H]1O[C@@H](c2c[nH]c(=O)n(C)c2=O)[C@H](O)[C@@H]1O. The first-order valence-electron chi connectivity index (χ1n) is 42.0. The second kappa shape index (κ2) is 45.5. The van der Waals surface area contributed by atoms with Crippen LogP contribution in [0.25, 0.3) is 0 Å². The zero-order valence-electron chi connectivity index (χ0n) is 76.7. The molecule has 7 amide bonds. The molecular weight excluding hydrogens is 1800 g/mol. The van der Waals surface area contributed by atoms with E-state index in [4.69, 9.17) is 40.6 Å². The minimum absolute atomic E-state index is 0.139. The number of H-pyrrole nitrogens is 1. The van der Waals surface area contributed by atoms with Crippen LogP contribution in [0.4, 0.5) is 14.4 Å². The molecule has 0 aliphatic carbocycles. The number of rotatable bonds is 24. The van der Waals surface area contributed by atoms with Crippen LogP contribution < -0.4 is 43.1 Å². The number of hydrazone groups is 1. The number of amides is 7. The summed E-state index contributed by atoms with van der Waals surface area (Å²) >= 11 is 5.03. The fourth-order valence-electron chi connectivity index (χ4n) is 14.8. The van der Waals surface area contributed by atoms with E-state index in [0.717, 1.165) is 47.8 Å². The first-order valence-corrected chi connectivity index (χ1v) is 60.7. The second-order valence-corrected chi connectivity index (χ2v) is 64.4. The average molecular weight is 1950 g/mol. The first kappa shape index (κ1) is 110. The third-order valence-corrected chi connectivity index (χ3v) is 31.5. The van der Waals surface area contributed by atoms with Gasteiger partial charge in [0.05, 0.1) is 42.2 Å². The second-order valence-electron chi connectivity index (χ2n) is 38.1. The van der Waals surface area contributed by atoms with E-state index in [1.54, 1.807) is 43.7 Å². The van der Waals surface area contributed by atoms with Gasteiger partial charge in [-0.2, -0.15) is 5.10 Å². The number of ether oxygens (including phenoxy) is 6. The lowest BCUT2D eigenvalue weighted by molar-refractivity contribution is -0.117. The van der Waals surface area contributed by atoms with Gasteiger partial charge in [0, 0.05) is 86.0 Å². The fourth-order valence-corrected chi connectivity index (χ4v) is 20.7. The van der Waals surface area contributed by atoms with Gasteiger partial charge in [0.2, 0.25) is 0 Å². The Bertz CT molecular complexity index is 4720. The number of thiocarbonyl (C=S) groups is 1. The van der Waals surface area contributed by atoms with Crippen molar-refractivity contribution in [3.05, 3.63) is 142 Å². The highest BCUT2D eigenvalue weighted by Gasteiger charge is 2.52. The molecule has 11 aliphatic heterocycles. The summed E-state index contributed by atoms with van der Waals surface area (Å²) in [4.78, 5) is 76.3. The maximum absolute atomic E-state index is 12.1. The van der Waals surface area contributed by atoms with Gasteiger partial charge in [0.15, 0.2) is 12.5 Å². The highest BCUT2D eigenvalue weighted by atomic mass is 32.1. The summed E-state index contributed by atoms with van der Waals surface area (Å²) < 4.78 is 35.7. The van der Waals surface area contributed by atoms with E-state index in [1.807, 2.05) is 0 Å². The van der Waals surface area contributed by atoms with E-state index in [2.05, 4.69) is 193 Å². The molecular formula is C85H141N13O24P6S. The molecule has 12 heterocycles. The summed E-state index contributed by atoms with van der Waals surface area (Å²) in [5.41, 5.74) is 1.94. The van der Waals surface area contributed by atoms with E-state index in [-0.39, 0.29) is 41.5 Å². The Balaban J connectivity index is 0.000000212. The number of nitrogens with zero attached hydrogens (tertiary/aromatic N) is 6. The standard InChI is InChI=1S/2C15H25N2O4P.C14H23N2O5P.C14H23N2O4P.C14H23N2O3PS.C13H22N3O4P/c2*1-9-10(8-17(2)15(20)16-9)14-13(19)12(18)11(21-14)6-7-22(3,4)5;1-16-13(19)8(7-15-14(16)20)12-11(18)10(17)9(21-12)5-6-22(2,3)4;1-8-9(7-15-14(19)16-8)13-12(18)11(17)10(20-13)5-6-21(2,3)4;1-9-15-11(21)5-7-16(9)14-13(18)12(17)10(19-14)6-8-20(2,3)4;1-8-15-10(17)7-14-16(8)13-12(19)11(18)9(20-13)5-6-21(2,3)4/h2*8,11-14,18-19H,1,3,6-7H2,2,4-5H3,(H,16,20);7,9-12,17-18H,2,5-6H2,1,3-4H3,(H,15,20);7,10-13,17-18H,1-2,5-6H2,3-4H3,(H2,15,16,19);5,7,10,12-14,17-18H,1-2,6,8H2,3-4H3,(H,15,21);7,9,11-13,18-19H,1-2,5-6H2,3-4H3,(H,15,17)/t2*11-,12-,13-,14+;9-,10-,11-,12+;10-,11-,12-,13+;10-,12-,13-,14-;9-,11-,12-,13-/m111111/s1. The first-order chi connectivity index (χ1) is 59.4. The van der Waals surface area contributed by atoms with Crippen molar-refractivity contribution in [2.24, 2.45) is 12.1 Å². The number of carbonyl (C=O) groups excluding carboxylic acids is 4. The number of aliphatic hydroxyl groups excluding tert-OH is 12. The topological polar surface area (TPSA) is 519 Å². The van der Waals surface area contributed by atoms with Crippen molar-refractivity contribution in [2.75, 3.05) is 131 Å². The summed E-state index contributed by atoms with van der Waals surface area (Å²) in [6, 6.07) is -0.958. The van der Waals surface area contributed by atoms with Crippen LogP contribution in [0.3, 0.4) is 0 Å². The molecule has 129 heavy (non-hydrogen) atoms. The number of hydrogen-bond acceptors (Lipinski definition) is 28. The molecule has 6 saturated heterocycles. The van der Waals surface area contributed by atoms with Gasteiger partial charge in [-0.05, 0) is 162 Å². The van der Waals surface area contributed by atoms with Gasteiger partial charge in [-0.3, -0.25) is 14.2 Å². The molecule has 12 rings (SSSR count). The zero-order valence-corrected chi connectivity index (χ0v) is 82.9. The number of aromatic nitrogens is 2. The number of aromatic amines is 1. The highest BCUT2D eigenvalue weighted by molar-refractivity contribution is 7.80. The average Bonchev–Trinajstić information content (AvgIpc) is 1.67. The fraction of sp³-hybridized carbons (Fsp3) is 0.600. The third-order valence-electron chi connectivity index (χ3n) is 22.5. The molecule has 0 bridgehead atoms. The predicted octanol–water partition coefficient (Wildman–Crippen LogP) is 1.05. The molecule has 0 aromatic carbocycles. The predicted molar refractivity (Wildman–Crippen MR) is 527 cm³/mol. The minimum Gasteiger partial charge on any atom is -0.388 e. The van der Waals surface area contributed by atoms with Crippen LogP contribution in [0, 0.1) is 0 Å². The van der Waals surface area contributed by atoms with Crippen LogP contribution in [0.2, 0.25) is 0 Å². The number of carbonyl (C=O) groups is 4. The van der Waals surface area contributed by atoms with E-state index in [9.17, 15) is 90.0 Å². The van der Waals surface area contributed by atoms with Crippen molar-refractivity contribution in [1.82, 2.24) is 61.2 Å². The van der Waals surface area contributed by atoms with Crippen LogP contribution in [0.5, 0.6) is 0 Å². The van der Waals surface area contributed by atoms with Crippen LogP contribution in [0.1, 0.15) is 50.2 Å². The molecule has 24 atom stereocenters. The molecule has 0 unspecified atom stereocenters. The number of nitrogens with one attached hydrogen (secondary N) is 7. The number of aliphatic hydroxyl groups is 12. The zero-order chi connectivity index (χ0) is 97.3. The van der Waals surface area contributed by atoms with E-state index >= 15 is 0 Å². The number of hydrogen-bond donors (Lipinski definition) is 19. The highest BCUT2D eigenvalue weighted by Crippen LogP contribution is 2.46. The molecule has 37 nitrogen and oxygen atoms in total. The Morgan fingerprint density at radius 3 is 1.09 bits per heavy atom. The van der Waals surface area contributed by atoms with Crippen molar-refractivity contribution >= 4 is 127 Å². The van der Waals surface area contributed by atoms with Gasteiger partial charge in [0.1, 0.15) is 121 Å². The summed E-state index contributed by atoms with van der Waals surface area (Å²) in [5.74, 6) is 0.359. The number of urea groups is 3. The molecule has 1 aromatic heterocycles. The van der Waals surface area contributed by atoms with Crippen molar-refractivity contribution in [3.63, 3.8) is 0 Å². The van der Waals surface area contributed by atoms with Gasteiger partial charge in [-0.25, -0.2) is 24.2 Å². The van der Waals surface area contributed by atoms with Crippen LogP contribution in [0.15, 0.2) is 130 Å². The third kappa shape index (κ3) is 30.9. The van der Waals surface area contributed by atoms with Gasteiger partial charge < -0.3 is 141 Å². The van der Waals surface area contributed by atoms with Crippen molar-refractivity contribution < 1.29 is 109 Å². The van der Waals surface area contributed by atoms with Crippen LogP contribution in [-0.2, 0) is 40.3 Å². The van der Waals surface area contributed by atoms with Crippen molar-refractivity contribution in [3.8, 4) is 0 Å². The van der Waals surface area contributed by atoms with E-state index < -0.39 is 193 Å². The molecule has 1 aromatic rings. The van der Waals surface area contributed by atoms with Crippen molar-refractivity contribution in [2.45, 2.75) is 185 Å². The van der Waals surface area contributed by atoms with Gasteiger partial charge >= 0.3 is 23.8 Å². The lowest BCUT2D eigenvalue weighted by atomic mass is 9.99. The Morgan fingerprint density at radius 2 is 0.736 bits per heavy atom. The van der Waals surface area contributed by atoms with Crippen molar-refractivity contribution in [1.29, 1.82) is 0 Å². The van der Waals surface area contributed by atoms with Crippen LogP contribution in [-0.4, -0.2) is 435 Å². The monoisotopic (exact) mass is 1950 g/mol.